The van der Waals surface area contributed by atoms with E-state index in [1.54, 1.807) is 0 Å². The fraction of sp³-hybridized carbons (Fsp3) is 0.467. The van der Waals surface area contributed by atoms with Crippen molar-refractivity contribution in [3.8, 4) is 0 Å². The largest absolute Gasteiger partial charge is 0.496 e. The quantitative estimate of drug-likeness (QED) is 0.881. The lowest BCUT2D eigenvalue weighted by atomic mass is 10.0. The van der Waals surface area contributed by atoms with Crippen LogP contribution in [0.15, 0.2) is 36.1 Å². The zero-order chi connectivity index (χ0) is 14.6. The summed E-state index contributed by atoms with van der Waals surface area (Å²) in [6.45, 7) is 3.47. The van der Waals surface area contributed by atoms with Gasteiger partial charge in [0.25, 0.3) is 0 Å². The molecule has 0 aliphatic carbocycles. The van der Waals surface area contributed by atoms with E-state index >= 15 is 0 Å². The summed E-state index contributed by atoms with van der Waals surface area (Å²) >= 11 is 0. The molecule has 0 radical (unpaired) electrons. The van der Waals surface area contributed by atoms with Gasteiger partial charge in [0.2, 0.25) is 0 Å². The Morgan fingerprint density at radius 1 is 1.25 bits per heavy atom. The molecule has 110 valence electrons. The molecule has 20 heavy (non-hydrogen) atoms. The van der Waals surface area contributed by atoms with Gasteiger partial charge in [0.05, 0.1) is 18.2 Å². The highest BCUT2D eigenvalue weighted by molar-refractivity contribution is 5.31. The third-order valence-electron chi connectivity index (χ3n) is 3.19. The summed E-state index contributed by atoms with van der Waals surface area (Å²) in [7, 11) is 0. The van der Waals surface area contributed by atoms with Crippen LogP contribution in [0.1, 0.15) is 36.9 Å². The zero-order valence-corrected chi connectivity index (χ0v) is 11.3. The number of benzene rings is 1. The molecule has 1 aliphatic heterocycles. The molecule has 2 nitrogen and oxygen atoms in total. The van der Waals surface area contributed by atoms with Crippen molar-refractivity contribution in [2.24, 2.45) is 0 Å². The minimum absolute atomic E-state index is 0.167. The molecule has 1 aliphatic rings. The molecule has 1 aromatic rings. The molecule has 0 saturated heterocycles. The Hall–Kier alpha value is -1.49. The summed E-state index contributed by atoms with van der Waals surface area (Å²) in [5, 5.41) is 3.31. The standard InChI is InChI=1S/C15H18F3NO/c1-2-9-19-14(13-4-3-10-20-13)11-5-7-12(8-6-11)15(16,17)18/h4-8,14,19H,2-3,9-10H2,1H3. The van der Waals surface area contributed by atoms with Gasteiger partial charge in [-0.15, -0.1) is 0 Å². The summed E-state index contributed by atoms with van der Waals surface area (Å²) in [6.07, 6.45) is -0.510. The van der Waals surface area contributed by atoms with E-state index in [-0.39, 0.29) is 6.04 Å². The first-order chi connectivity index (χ1) is 9.52. The molecule has 0 saturated carbocycles. The van der Waals surface area contributed by atoms with Crippen LogP contribution in [0, 0.1) is 0 Å². The van der Waals surface area contributed by atoms with E-state index in [1.807, 2.05) is 13.0 Å². The number of nitrogens with one attached hydrogen (secondary N) is 1. The smallest absolute Gasteiger partial charge is 0.416 e. The van der Waals surface area contributed by atoms with Gasteiger partial charge < -0.3 is 10.1 Å². The van der Waals surface area contributed by atoms with Crippen LogP contribution in [0.3, 0.4) is 0 Å². The SMILES string of the molecule is CCCNC(C1=CCCO1)c1ccc(C(F)(F)F)cc1. The van der Waals surface area contributed by atoms with E-state index in [2.05, 4.69) is 5.32 Å². The maximum absolute atomic E-state index is 12.6. The van der Waals surface area contributed by atoms with Gasteiger partial charge in [0.15, 0.2) is 0 Å². The summed E-state index contributed by atoms with van der Waals surface area (Å²) in [5.74, 6) is 0.804. The van der Waals surface area contributed by atoms with Gasteiger partial charge in [-0.3, -0.25) is 0 Å². The number of alkyl halides is 3. The number of hydrogen-bond acceptors (Lipinski definition) is 2. The molecule has 1 unspecified atom stereocenters. The van der Waals surface area contributed by atoms with Crippen molar-refractivity contribution in [2.45, 2.75) is 32.0 Å². The van der Waals surface area contributed by atoms with Crippen molar-refractivity contribution >= 4 is 0 Å². The van der Waals surface area contributed by atoms with Crippen LogP contribution in [0.25, 0.3) is 0 Å². The molecule has 0 spiro atoms. The van der Waals surface area contributed by atoms with Crippen LogP contribution < -0.4 is 5.32 Å². The van der Waals surface area contributed by atoms with E-state index in [1.165, 1.54) is 12.1 Å². The average Bonchev–Trinajstić information content (AvgIpc) is 2.93. The molecular weight excluding hydrogens is 267 g/mol. The van der Waals surface area contributed by atoms with Gasteiger partial charge in [0, 0.05) is 6.42 Å². The molecule has 0 aromatic heterocycles. The van der Waals surface area contributed by atoms with E-state index in [4.69, 9.17) is 4.74 Å². The second-order valence-corrected chi connectivity index (χ2v) is 4.75. The van der Waals surface area contributed by atoms with Crippen molar-refractivity contribution in [3.05, 3.63) is 47.2 Å². The van der Waals surface area contributed by atoms with Crippen molar-refractivity contribution in [2.75, 3.05) is 13.2 Å². The van der Waals surface area contributed by atoms with Gasteiger partial charge >= 0.3 is 6.18 Å². The monoisotopic (exact) mass is 285 g/mol. The molecular formula is C15H18F3NO. The Labute approximate surface area is 116 Å². The minimum atomic E-state index is -4.30. The highest BCUT2D eigenvalue weighted by atomic mass is 19.4. The Morgan fingerprint density at radius 3 is 2.45 bits per heavy atom. The third kappa shape index (κ3) is 3.54. The Morgan fingerprint density at radius 2 is 1.95 bits per heavy atom. The highest BCUT2D eigenvalue weighted by Gasteiger charge is 2.30. The molecule has 0 amide bonds. The number of ether oxygens (including phenoxy) is 1. The maximum atomic E-state index is 12.6. The van der Waals surface area contributed by atoms with E-state index in [0.29, 0.717) is 6.61 Å². The Balaban J connectivity index is 2.20. The second-order valence-electron chi connectivity index (χ2n) is 4.75. The van der Waals surface area contributed by atoms with Crippen molar-refractivity contribution in [3.63, 3.8) is 0 Å². The number of rotatable bonds is 5. The fourth-order valence-corrected chi connectivity index (χ4v) is 2.17. The van der Waals surface area contributed by atoms with Crippen molar-refractivity contribution in [1.29, 1.82) is 0 Å². The lowest BCUT2D eigenvalue weighted by Crippen LogP contribution is -2.24. The summed E-state index contributed by atoms with van der Waals surface area (Å²) < 4.78 is 43.3. The molecule has 1 heterocycles. The minimum Gasteiger partial charge on any atom is -0.496 e. The first kappa shape index (κ1) is 14.9. The Kier molecular flexibility index (Phi) is 4.70. The van der Waals surface area contributed by atoms with E-state index < -0.39 is 11.7 Å². The van der Waals surface area contributed by atoms with Crippen LogP contribution in [-0.2, 0) is 10.9 Å². The van der Waals surface area contributed by atoms with E-state index in [0.717, 1.165) is 42.8 Å². The topological polar surface area (TPSA) is 21.3 Å². The molecule has 1 N–H and O–H groups in total. The van der Waals surface area contributed by atoms with Gasteiger partial charge in [-0.2, -0.15) is 13.2 Å². The highest BCUT2D eigenvalue weighted by Crippen LogP contribution is 2.32. The average molecular weight is 285 g/mol. The summed E-state index contributed by atoms with van der Waals surface area (Å²) in [6, 6.07) is 5.09. The van der Waals surface area contributed by atoms with Gasteiger partial charge in [-0.1, -0.05) is 19.1 Å². The summed E-state index contributed by atoms with van der Waals surface area (Å²) in [4.78, 5) is 0. The maximum Gasteiger partial charge on any atom is 0.416 e. The fourth-order valence-electron chi connectivity index (χ4n) is 2.17. The summed E-state index contributed by atoms with van der Waals surface area (Å²) in [5.41, 5.74) is 0.163. The molecule has 5 heteroatoms. The Bertz CT molecular complexity index is 465. The third-order valence-corrected chi connectivity index (χ3v) is 3.19. The van der Waals surface area contributed by atoms with Gasteiger partial charge in [-0.25, -0.2) is 0 Å². The molecule has 0 bridgehead atoms. The molecule has 1 aromatic carbocycles. The predicted octanol–water partition coefficient (Wildman–Crippen LogP) is 4.05. The van der Waals surface area contributed by atoms with Crippen LogP contribution in [0.2, 0.25) is 0 Å². The molecule has 2 rings (SSSR count). The van der Waals surface area contributed by atoms with Crippen LogP contribution in [0.4, 0.5) is 13.2 Å². The van der Waals surface area contributed by atoms with E-state index in [9.17, 15) is 13.2 Å². The molecule has 0 fully saturated rings. The first-order valence-electron chi connectivity index (χ1n) is 6.75. The van der Waals surface area contributed by atoms with Gasteiger partial charge in [-0.05, 0) is 36.7 Å². The van der Waals surface area contributed by atoms with Crippen molar-refractivity contribution < 1.29 is 17.9 Å². The lowest BCUT2D eigenvalue weighted by molar-refractivity contribution is -0.137. The van der Waals surface area contributed by atoms with Crippen LogP contribution in [0.5, 0.6) is 0 Å². The second kappa shape index (κ2) is 6.31. The zero-order valence-electron chi connectivity index (χ0n) is 11.3. The first-order valence-corrected chi connectivity index (χ1v) is 6.75. The predicted molar refractivity (Wildman–Crippen MR) is 71.1 cm³/mol. The number of halogens is 3. The molecule has 1 atom stereocenters. The normalized spacial score (nSPS) is 16.7. The lowest BCUT2D eigenvalue weighted by Gasteiger charge is -2.20. The van der Waals surface area contributed by atoms with Crippen molar-refractivity contribution in [1.82, 2.24) is 5.32 Å². The van der Waals surface area contributed by atoms with Crippen LogP contribution in [-0.4, -0.2) is 13.2 Å². The van der Waals surface area contributed by atoms with Crippen LogP contribution >= 0.6 is 0 Å². The van der Waals surface area contributed by atoms with Gasteiger partial charge in [0.1, 0.15) is 5.76 Å². The number of hydrogen-bond donors (Lipinski definition) is 1.